The SMILES string of the molecule is CC(C)c1cc(C(=O)Nc2ccc(C(=O)NCC(F)(F)F)cc2)c2cnn(C(C)C)c2n1. The molecule has 170 valence electrons. The van der Waals surface area contributed by atoms with E-state index in [-0.39, 0.29) is 23.4 Å². The molecule has 10 heteroatoms. The van der Waals surface area contributed by atoms with Crippen molar-refractivity contribution in [2.24, 2.45) is 0 Å². The van der Waals surface area contributed by atoms with Crippen LogP contribution in [0.2, 0.25) is 0 Å². The Kier molecular flexibility index (Phi) is 6.52. The number of rotatable bonds is 6. The molecule has 2 N–H and O–H groups in total. The molecule has 0 saturated heterocycles. The molecule has 0 unspecified atom stereocenters. The number of nitrogens with zero attached hydrogens (tertiary/aromatic N) is 3. The minimum absolute atomic E-state index is 0.0545. The van der Waals surface area contributed by atoms with Gasteiger partial charge in [-0.3, -0.25) is 9.59 Å². The number of fused-ring (bicyclic) bond motifs is 1. The summed E-state index contributed by atoms with van der Waals surface area (Å²) in [5.74, 6) is -1.13. The van der Waals surface area contributed by atoms with E-state index in [2.05, 4.69) is 15.4 Å². The lowest BCUT2D eigenvalue weighted by Gasteiger charge is -2.13. The first-order valence-electron chi connectivity index (χ1n) is 10.1. The van der Waals surface area contributed by atoms with Crippen LogP contribution < -0.4 is 10.6 Å². The number of halogens is 3. The quantitative estimate of drug-likeness (QED) is 0.574. The van der Waals surface area contributed by atoms with Crippen LogP contribution in [0, 0.1) is 0 Å². The van der Waals surface area contributed by atoms with Crippen LogP contribution >= 0.6 is 0 Å². The zero-order chi connectivity index (χ0) is 23.6. The monoisotopic (exact) mass is 447 g/mol. The van der Waals surface area contributed by atoms with Crippen molar-refractivity contribution in [2.45, 2.75) is 45.8 Å². The molecule has 0 spiro atoms. The van der Waals surface area contributed by atoms with E-state index in [0.717, 1.165) is 5.69 Å². The maximum absolute atomic E-state index is 13.0. The smallest absolute Gasteiger partial charge is 0.343 e. The van der Waals surface area contributed by atoms with Crippen LogP contribution in [0.25, 0.3) is 11.0 Å². The molecule has 0 fully saturated rings. The molecule has 2 amide bonds. The Morgan fingerprint density at radius 3 is 2.28 bits per heavy atom. The topological polar surface area (TPSA) is 88.9 Å². The van der Waals surface area contributed by atoms with Gasteiger partial charge in [-0.25, -0.2) is 9.67 Å². The molecule has 7 nitrogen and oxygen atoms in total. The summed E-state index contributed by atoms with van der Waals surface area (Å²) in [5, 5.41) is 9.54. The van der Waals surface area contributed by atoms with Gasteiger partial charge in [0.05, 0.1) is 17.1 Å². The highest BCUT2D eigenvalue weighted by Gasteiger charge is 2.28. The molecule has 2 heterocycles. The van der Waals surface area contributed by atoms with Gasteiger partial charge in [0.15, 0.2) is 5.65 Å². The Balaban J connectivity index is 1.83. The maximum Gasteiger partial charge on any atom is 0.405 e. The van der Waals surface area contributed by atoms with E-state index in [4.69, 9.17) is 0 Å². The normalized spacial score (nSPS) is 11.9. The third-order valence-electron chi connectivity index (χ3n) is 4.77. The zero-order valence-electron chi connectivity index (χ0n) is 18.1. The molecule has 0 atom stereocenters. The van der Waals surface area contributed by atoms with Gasteiger partial charge in [-0.1, -0.05) is 13.8 Å². The Hall–Kier alpha value is -3.43. The summed E-state index contributed by atoms with van der Waals surface area (Å²) < 4.78 is 38.5. The number of anilines is 1. The van der Waals surface area contributed by atoms with Crippen LogP contribution in [-0.4, -0.2) is 39.3 Å². The van der Waals surface area contributed by atoms with Crippen LogP contribution in [0.15, 0.2) is 36.5 Å². The standard InChI is InChI=1S/C22H24F3N5O2/c1-12(2)18-9-16(17-10-27-30(13(3)4)19(17)29-18)21(32)28-15-7-5-14(6-8-15)20(31)26-11-22(23,24)25/h5-10,12-13H,11H2,1-4H3,(H,26,31)(H,28,32). The van der Waals surface area contributed by atoms with Crippen molar-refractivity contribution in [3.8, 4) is 0 Å². The average molecular weight is 447 g/mol. The highest BCUT2D eigenvalue weighted by atomic mass is 19.4. The van der Waals surface area contributed by atoms with Crippen LogP contribution in [0.1, 0.15) is 66.1 Å². The first-order valence-corrected chi connectivity index (χ1v) is 10.1. The number of carbonyl (C=O) groups excluding carboxylic acids is 2. The number of benzene rings is 1. The van der Waals surface area contributed by atoms with E-state index >= 15 is 0 Å². The molecule has 0 bridgehead atoms. The van der Waals surface area contributed by atoms with Gasteiger partial charge in [-0.15, -0.1) is 0 Å². The van der Waals surface area contributed by atoms with Gasteiger partial charge >= 0.3 is 6.18 Å². The molecule has 0 saturated carbocycles. The number of amides is 2. The fraction of sp³-hybridized carbons (Fsp3) is 0.364. The van der Waals surface area contributed by atoms with Crippen molar-refractivity contribution < 1.29 is 22.8 Å². The van der Waals surface area contributed by atoms with Crippen molar-refractivity contribution in [3.05, 3.63) is 53.3 Å². The number of pyridine rings is 1. The largest absolute Gasteiger partial charge is 0.405 e. The van der Waals surface area contributed by atoms with Gasteiger partial charge in [-0.2, -0.15) is 18.3 Å². The number of nitrogens with one attached hydrogen (secondary N) is 2. The van der Waals surface area contributed by atoms with Crippen molar-refractivity contribution in [1.82, 2.24) is 20.1 Å². The molecule has 0 aliphatic carbocycles. The summed E-state index contributed by atoms with van der Waals surface area (Å²) in [7, 11) is 0. The maximum atomic E-state index is 13.0. The summed E-state index contributed by atoms with van der Waals surface area (Å²) in [6, 6.07) is 7.40. The summed E-state index contributed by atoms with van der Waals surface area (Å²) in [5.41, 5.74) is 2.24. The number of alkyl halides is 3. The van der Waals surface area contributed by atoms with E-state index in [1.54, 1.807) is 22.3 Å². The molecular formula is C22H24F3N5O2. The Bertz CT molecular complexity index is 1130. The van der Waals surface area contributed by atoms with Gasteiger partial charge in [0.2, 0.25) is 0 Å². The van der Waals surface area contributed by atoms with Gasteiger partial charge in [-0.05, 0) is 50.1 Å². The van der Waals surface area contributed by atoms with Gasteiger partial charge < -0.3 is 10.6 Å². The highest BCUT2D eigenvalue weighted by Crippen LogP contribution is 2.25. The van der Waals surface area contributed by atoms with E-state index in [0.29, 0.717) is 22.3 Å². The molecule has 32 heavy (non-hydrogen) atoms. The predicted molar refractivity (Wildman–Crippen MR) is 115 cm³/mol. The lowest BCUT2D eigenvalue weighted by molar-refractivity contribution is -0.123. The molecule has 3 rings (SSSR count). The Labute approximate surface area is 183 Å². The lowest BCUT2D eigenvalue weighted by atomic mass is 10.0. The van der Waals surface area contributed by atoms with Gasteiger partial charge in [0.1, 0.15) is 6.54 Å². The summed E-state index contributed by atoms with van der Waals surface area (Å²) in [4.78, 5) is 29.5. The van der Waals surface area contributed by atoms with Crippen LogP contribution in [0.4, 0.5) is 18.9 Å². The molecule has 3 aromatic rings. The van der Waals surface area contributed by atoms with Crippen LogP contribution in [-0.2, 0) is 0 Å². The van der Waals surface area contributed by atoms with Crippen LogP contribution in [0.5, 0.6) is 0 Å². The minimum atomic E-state index is -4.49. The van der Waals surface area contributed by atoms with Gasteiger partial charge in [0, 0.05) is 23.0 Å². The summed E-state index contributed by atoms with van der Waals surface area (Å²) >= 11 is 0. The Morgan fingerprint density at radius 2 is 1.72 bits per heavy atom. The van der Waals surface area contributed by atoms with Gasteiger partial charge in [0.25, 0.3) is 11.8 Å². The fourth-order valence-corrected chi connectivity index (χ4v) is 3.08. The molecule has 0 aliphatic rings. The second-order valence-electron chi connectivity index (χ2n) is 8.00. The summed E-state index contributed by atoms with van der Waals surface area (Å²) in [6.07, 6.45) is -2.88. The first kappa shape index (κ1) is 23.2. The number of hydrogen-bond acceptors (Lipinski definition) is 4. The molecule has 2 aromatic heterocycles. The highest BCUT2D eigenvalue weighted by molar-refractivity contribution is 6.12. The van der Waals surface area contributed by atoms with Crippen LogP contribution in [0.3, 0.4) is 0 Å². The van der Waals surface area contributed by atoms with Crippen molar-refractivity contribution in [2.75, 3.05) is 11.9 Å². The second-order valence-corrected chi connectivity index (χ2v) is 8.00. The van der Waals surface area contributed by atoms with Crippen molar-refractivity contribution in [3.63, 3.8) is 0 Å². The zero-order valence-corrected chi connectivity index (χ0v) is 18.1. The minimum Gasteiger partial charge on any atom is -0.343 e. The third kappa shape index (κ3) is 5.24. The number of aromatic nitrogens is 3. The van der Waals surface area contributed by atoms with E-state index < -0.39 is 18.6 Å². The molecular weight excluding hydrogens is 423 g/mol. The van der Waals surface area contributed by atoms with E-state index in [9.17, 15) is 22.8 Å². The third-order valence-corrected chi connectivity index (χ3v) is 4.77. The van der Waals surface area contributed by atoms with E-state index in [1.165, 1.54) is 24.3 Å². The molecule has 1 aromatic carbocycles. The Morgan fingerprint density at radius 1 is 1.06 bits per heavy atom. The fourth-order valence-electron chi connectivity index (χ4n) is 3.08. The average Bonchev–Trinajstić information content (AvgIpc) is 3.15. The predicted octanol–water partition coefficient (Wildman–Crippen LogP) is 4.68. The van der Waals surface area contributed by atoms with Crippen molar-refractivity contribution in [1.29, 1.82) is 0 Å². The summed E-state index contributed by atoms with van der Waals surface area (Å²) in [6.45, 7) is 6.50. The second kappa shape index (κ2) is 8.97. The first-order chi connectivity index (χ1) is 15.0. The number of hydrogen-bond donors (Lipinski definition) is 2. The van der Waals surface area contributed by atoms with Crippen molar-refractivity contribution >= 4 is 28.5 Å². The molecule has 0 aliphatic heterocycles. The number of carbonyl (C=O) groups is 2. The molecule has 0 radical (unpaired) electrons. The van der Waals surface area contributed by atoms with E-state index in [1.807, 2.05) is 27.7 Å². The lowest BCUT2D eigenvalue weighted by Crippen LogP contribution is -2.33.